The first-order valence-corrected chi connectivity index (χ1v) is 6.15. The van der Waals surface area contributed by atoms with Crippen molar-refractivity contribution in [3.63, 3.8) is 0 Å². The van der Waals surface area contributed by atoms with Crippen molar-refractivity contribution in [3.05, 3.63) is 35.4 Å². The number of benzene rings is 1. The van der Waals surface area contributed by atoms with Crippen LogP contribution in [0.3, 0.4) is 0 Å². The van der Waals surface area contributed by atoms with Crippen LogP contribution in [0.15, 0.2) is 24.3 Å². The molecule has 2 nitrogen and oxygen atoms in total. The van der Waals surface area contributed by atoms with Gasteiger partial charge in [0.25, 0.3) is 0 Å². The summed E-state index contributed by atoms with van der Waals surface area (Å²) in [6.07, 6.45) is 2.63. The lowest BCUT2D eigenvalue weighted by atomic mass is 10.1. The minimum absolute atomic E-state index is 0.136. The van der Waals surface area contributed by atoms with Crippen LogP contribution in [0.2, 0.25) is 0 Å². The summed E-state index contributed by atoms with van der Waals surface area (Å²) in [5, 5.41) is 8.99. The Balaban J connectivity index is 2.02. The summed E-state index contributed by atoms with van der Waals surface area (Å²) < 4.78 is 0. The second-order valence-corrected chi connectivity index (χ2v) is 4.92. The van der Waals surface area contributed by atoms with Gasteiger partial charge in [-0.3, -0.25) is 4.90 Å². The lowest BCUT2D eigenvalue weighted by Crippen LogP contribution is -2.31. The summed E-state index contributed by atoms with van der Waals surface area (Å²) in [6.45, 7) is 5.79. The number of nitrogens with zero attached hydrogens (tertiary/aromatic N) is 1. The number of hydrogen-bond acceptors (Lipinski definition) is 2. The van der Waals surface area contributed by atoms with Gasteiger partial charge in [0.2, 0.25) is 0 Å². The highest BCUT2D eigenvalue weighted by Gasteiger charge is 2.26. The monoisotopic (exact) mass is 219 g/mol. The van der Waals surface area contributed by atoms with Gasteiger partial charge < -0.3 is 5.11 Å². The molecule has 1 aliphatic rings. The molecule has 0 spiro atoms. The first kappa shape index (κ1) is 11.6. The van der Waals surface area contributed by atoms with Crippen LogP contribution in [0, 0.1) is 0 Å². The van der Waals surface area contributed by atoms with Crippen LogP contribution in [-0.2, 0) is 13.2 Å². The number of aliphatic hydroxyl groups excluding tert-OH is 1. The van der Waals surface area contributed by atoms with E-state index in [0.717, 1.165) is 12.1 Å². The third-order valence-corrected chi connectivity index (χ3v) is 3.71. The fourth-order valence-corrected chi connectivity index (χ4v) is 2.52. The Morgan fingerprint density at radius 1 is 1.06 bits per heavy atom. The Labute approximate surface area is 97.9 Å². The zero-order valence-electron chi connectivity index (χ0n) is 10.2. The SMILES string of the molecule is CC1CCC(C)N1Cc1ccc(CO)cc1. The maximum atomic E-state index is 8.99. The Morgan fingerprint density at radius 2 is 1.56 bits per heavy atom. The molecule has 1 aromatic rings. The van der Waals surface area contributed by atoms with Crippen molar-refractivity contribution in [1.29, 1.82) is 0 Å². The van der Waals surface area contributed by atoms with Crippen LogP contribution < -0.4 is 0 Å². The van der Waals surface area contributed by atoms with Crippen LogP contribution in [0.25, 0.3) is 0 Å². The number of hydrogen-bond donors (Lipinski definition) is 1. The topological polar surface area (TPSA) is 23.5 Å². The second kappa shape index (κ2) is 4.98. The van der Waals surface area contributed by atoms with E-state index in [1.807, 2.05) is 12.1 Å². The third kappa shape index (κ3) is 2.45. The van der Waals surface area contributed by atoms with E-state index in [4.69, 9.17) is 5.11 Å². The zero-order chi connectivity index (χ0) is 11.5. The summed E-state index contributed by atoms with van der Waals surface area (Å²) in [6, 6.07) is 9.69. The Morgan fingerprint density at radius 3 is 2.06 bits per heavy atom. The van der Waals surface area contributed by atoms with Crippen LogP contribution in [-0.4, -0.2) is 22.1 Å². The summed E-state index contributed by atoms with van der Waals surface area (Å²) >= 11 is 0. The first-order chi connectivity index (χ1) is 7.70. The van der Waals surface area contributed by atoms with Gasteiger partial charge in [0, 0.05) is 18.6 Å². The van der Waals surface area contributed by atoms with Crippen molar-refractivity contribution in [1.82, 2.24) is 4.90 Å². The average Bonchev–Trinajstić information content (AvgIpc) is 2.62. The van der Waals surface area contributed by atoms with Gasteiger partial charge in [0.15, 0.2) is 0 Å². The van der Waals surface area contributed by atoms with Crippen LogP contribution >= 0.6 is 0 Å². The smallest absolute Gasteiger partial charge is 0.0681 e. The molecule has 1 N–H and O–H groups in total. The van der Waals surface area contributed by atoms with Gasteiger partial charge in [-0.25, -0.2) is 0 Å². The predicted molar refractivity (Wildman–Crippen MR) is 66.1 cm³/mol. The van der Waals surface area contributed by atoms with E-state index in [1.54, 1.807) is 0 Å². The van der Waals surface area contributed by atoms with Gasteiger partial charge in [-0.1, -0.05) is 24.3 Å². The normalized spacial score (nSPS) is 26.2. The van der Waals surface area contributed by atoms with E-state index in [-0.39, 0.29) is 6.61 Å². The van der Waals surface area contributed by atoms with Gasteiger partial charge in [0.1, 0.15) is 0 Å². The molecule has 1 heterocycles. The molecule has 88 valence electrons. The average molecular weight is 219 g/mol. The standard InChI is InChI=1S/C14H21NO/c1-11-3-4-12(2)15(11)9-13-5-7-14(10-16)8-6-13/h5-8,11-12,16H,3-4,9-10H2,1-2H3. The molecule has 0 amide bonds. The highest BCUT2D eigenvalue weighted by Crippen LogP contribution is 2.25. The van der Waals surface area contributed by atoms with E-state index in [2.05, 4.69) is 30.9 Å². The Hall–Kier alpha value is -0.860. The van der Waals surface area contributed by atoms with Gasteiger partial charge in [-0.15, -0.1) is 0 Å². The van der Waals surface area contributed by atoms with Gasteiger partial charge in [-0.05, 0) is 37.8 Å². The molecule has 0 radical (unpaired) electrons. The van der Waals surface area contributed by atoms with Crippen molar-refractivity contribution >= 4 is 0 Å². The molecular formula is C14H21NO. The zero-order valence-corrected chi connectivity index (χ0v) is 10.2. The molecule has 2 atom stereocenters. The molecule has 1 saturated heterocycles. The first-order valence-electron chi connectivity index (χ1n) is 6.15. The summed E-state index contributed by atoms with van der Waals surface area (Å²) in [5.41, 5.74) is 2.34. The van der Waals surface area contributed by atoms with E-state index < -0.39 is 0 Å². The molecule has 2 unspecified atom stereocenters. The fraction of sp³-hybridized carbons (Fsp3) is 0.571. The number of rotatable bonds is 3. The minimum atomic E-state index is 0.136. The van der Waals surface area contributed by atoms with Crippen LogP contribution in [0.5, 0.6) is 0 Å². The lowest BCUT2D eigenvalue weighted by Gasteiger charge is -2.25. The molecule has 0 saturated carbocycles. The highest BCUT2D eigenvalue weighted by atomic mass is 16.3. The van der Waals surface area contributed by atoms with Gasteiger partial charge in [0.05, 0.1) is 6.61 Å². The van der Waals surface area contributed by atoms with Crippen molar-refractivity contribution in [2.24, 2.45) is 0 Å². The van der Waals surface area contributed by atoms with Crippen molar-refractivity contribution in [2.45, 2.75) is 51.9 Å². The summed E-state index contributed by atoms with van der Waals surface area (Å²) in [7, 11) is 0. The highest BCUT2D eigenvalue weighted by molar-refractivity contribution is 5.22. The number of likely N-dealkylation sites (tertiary alicyclic amines) is 1. The molecule has 2 heteroatoms. The Bertz CT molecular complexity index is 323. The largest absolute Gasteiger partial charge is 0.392 e. The van der Waals surface area contributed by atoms with Crippen molar-refractivity contribution < 1.29 is 5.11 Å². The molecule has 16 heavy (non-hydrogen) atoms. The van der Waals surface area contributed by atoms with E-state index >= 15 is 0 Å². The lowest BCUT2D eigenvalue weighted by molar-refractivity contribution is 0.205. The summed E-state index contributed by atoms with van der Waals surface area (Å²) in [5.74, 6) is 0. The maximum absolute atomic E-state index is 8.99. The molecule has 0 bridgehead atoms. The molecule has 0 aromatic heterocycles. The molecule has 1 fully saturated rings. The van der Waals surface area contributed by atoms with Crippen molar-refractivity contribution in [2.75, 3.05) is 0 Å². The quantitative estimate of drug-likeness (QED) is 0.844. The second-order valence-electron chi connectivity index (χ2n) is 4.92. The molecule has 1 aliphatic heterocycles. The van der Waals surface area contributed by atoms with E-state index in [1.165, 1.54) is 18.4 Å². The van der Waals surface area contributed by atoms with Crippen molar-refractivity contribution in [3.8, 4) is 0 Å². The third-order valence-electron chi connectivity index (χ3n) is 3.71. The number of aliphatic hydroxyl groups is 1. The van der Waals surface area contributed by atoms with Crippen LogP contribution in [0.4, 0.5) is 0 Å². The fourth-order valence-electron chi connectivity index (χ4n) is 2.52. The predicted octanol–water partition coefficient (Wildman–Crippen LogP) is 2.55. The summed E-state index contributed by atoms with van der Waals surface area (Å²) in [4.78, 5) is 2.56. The molecule has 0 aliphatic carbocycles. The van der Waals surface area contributed by atoms with E-state index in [0.29, 0.717) is 12.1 Å². The maximum Gasteiger partial charge on any atom is 0.0681 e. The van der Waals surface area contributed by atoms with Gasteiger partial charge >= 0.3 is 0 Å². The minimum Gasteiger partial charge on any atom is -0.392 e. The van der Waals surface area contributed by atoms with E-state index in [9.17, 15) is 0 Å². The Kier molecular flexibility index (Phi) is 3.62. The molecule has 2 rings (SSSR count). The van der Waals surface area contributed by atoms with Crippen LogP contribution in [0.1, 0.15) is 37.8 Å². The van der Waals surface area contributed by atoms with Gasteiger partial charge in [-0.2, -0.15) is 0 Å². The molecule has 1 aromatic carbocycles. The molecular weight excluding hydrogens is 198 g/mol.